The van der Waals surface area contributed by atoms with Gasteiger partial charge in [-0.25, -0.2) is 0 Å². The maximum atomic E-state index is 11.2. The molecule has 4 nitrogen and oxygen atoms in total. The number of hydrogen-bond acceptors (Lipinski definition) is 3. The molecule has 16 heavy (non-hydrogen) atoms. The van der Waals surface area contributed by atoms with Gasteiger partial charge in [-0.2, -0.15) is 0 Å². The number of hydrogen-bond donors (Lipinski definition) is 1. The highest BCUT2D eigenvalue weighted by Gasteiger charge is 2.06. The van der Waals surface area contributed by atoms with Crippen LogP contribution in [0, 0.1) is 5.92 Å². The molecule has 1 atom stereocenters. The van der Waals surface area contributed by atoms with E-state index in [0.29, 0.717) is 12.5 Å². The predicted molar refractivity (Wildman–Crippen MR) is 60.5 cm³/mol. The van der Waals surface area contributed by atoms with E-state index >= 15 is 0 Å². The van der Waals surface area contributed by atoms with Crippen molar-refractivity contribution in [2.75, 3.05) is 6.54 Å². The standard InChI is InChI=1S/C12H21NO3/c1-3-5-6-10(4-2)9-13-11(14)7-8-12(15)16/h7-8,10H,3-6,9H2,1-2H3,(H,13,14)(H,15,16)/p-1/b8-7+/t10-/m1/s1. The summed E-state index contributed by atoms with van der Waals surface area (Å²) in [6.45, 7) is 4.82. The Bertz CT molecular complexity index is 249. The van der Waals surface area contributed by atoms with Crippen LogP contribution in [0.3, 0.4) is 0 Å². The van der Waals surface area contributed by atoms with Crippen molar-refractivity contribution in [3.63, 3.8) is 0 Å². The Morgan fingerprint density at radius 3 is 2.50 bits per heavy atom. The number of carboxylic acids is 1. The van der Waals surface area contributed by atoms with Gasteiger partial charge in [-0.05, 0) is 18.4 Å². The lowest BCUT2D eigenvalue weighted by molar-refractivity contribution is -0.297. The SMILES string of the molecule is CCCC[C@@H](CC)CNC(=O)/C=C/C(=O)[O-]. The van der Waals surface area contributed by atoms with E-state index < -0.39 is 5.97 Å². The fourth-order valence-electron chi connectivity index (χ4n) is 1.39. The number of aliphatic carboxylic acids is 1. The van der Waals surface area contributed by atoms with Crippen LogP contribution < -0.4 is 10.4 Å². The smallest absolute Gasteiger partial charge is 0.244 e. The first kappa shape index (κ1) is 14.7. The second-order valence-electron chi connectivity index (χ2n) is 3.81. The van der Waals surface area contributed by atoms with Gasteiger partial charge < -0.3 is 15.2 Å². The maximum absolute atomic E-state index is 11.2. The molecule has 0 unspecified atom stereocenters. The molecular weight excluding hydrogens is 206 g/mol. The molecule has 0 rings (SSSR count). The minimum Gasteiger partial charge on any atom is -0.545 e. The largest absolute Gasteiger partial charge is 0.545 e. The van der Waals surface area contributed by atoms with Crippen LogP contribution in [0.4, 0.5) is 0 Å². The molecule has 0 bridgehead atoms. The third-order valence-electron chi connectivity index (χ3n) is 2.48. The molecule has 0 spiro atoms. The van der Waals surface area contributed by atoms with Gasteiger partial charge in [0.2, 0.25) is 5.91 Å². The van der Waals surface area contributed by atoms with Crippen molar-refractivity contribution in [2.24, 2.45) is 5.92 Å². The Kier molecular flexibility index (Phi) is 8.21. The quantitative estimate of drug-likeness (QED) is 0.617. The highest BCUT2D eigenvalue weighted by molar-refractivity contribution is 5.93. The fourth-order valence-corrected chi connectivity index (χ4v) is 1.39. The van der Waals surface area contributed by atoms with Crippen molar-refractivity contribution < 1.29 is 14.7 Å². The molecule has 4 heteroatoms. The third-order valence-corrected chi connectivity index (χ3v) is 2.48. The number of carbonyl (C=O) groups excluding carboxylic acids is 2. The van der Waals surface area contributed by atoms with Gasteiger partial charge in [0.05, 0.1) is 5.97 Å². The summed E-state index contributed by atoms with van der Waals surface area (Å²) in [5.41, 5.74) is 0. The minimum absolute atomic E-state index is 0.376. The van der Waals surface area contributed by atoms with E-state index in [1.165, 1.54) is 0 Å². The van der Waals surface area contributed by atoms with Crippen LogP contribution in [0.1, 0.15) is 39.5 Å². The molecule has 0 radical (unpaired) electrons. The molecule has 0 saturated heterocycles. The van der Waals surface area contributed by atoms with Crippen molar-refractivity contribution in [3.05, 3.63) is 12.2 Å². The molecule has 1 amide bonds. The van der Waals surface area contributed by atoms with Gasteiger partial charge in [-0.1, -0.05) is 33.1 Å². The van der Waals surface area contributed by atoms with Gasteiger partial charge in [0.15, 0.2) is 0 Å². The van der Waals surface area contributed by atoms with E-state index in [1.807, 2.05) is 0 Å². The Morgan fingerprint density at radius 2 is 2.00 bits per heavy atom. The zero-order chi connectivity index (χ0) is 12.4. The van der Waals surface area contributed by atoms with Gasteiger partial charge in [-0.15, -0.1) is 0 Å². The molecule has 0 aromatic carbocycles. The summed E-state index contributed by atoms with van der Waals surface area (Å²) in [6, 6.07) is 0. The second-order valence-corrected chi connectivity index (χ2v) is 3.81. The molecule has 0 heterocycles. The highest BCUT2D eigenvalue weighted by Crippen LogP contribution is 2.10. The minimum atomic E-state index is -1.35. The number of nitrogens with one attached hydrogen (secondary N) is 1. The van der Waals surface area contributed by atoms with Crippen LogP contribution in [0.25, 0.3) is 0 Å². The van der Waals surface area contributed by atoms with Crippen molar-refractivity contribution in [1.82, 2.24) is 5.32 Å². The van der Waals surface area contributed by atoms with Crippen LogP contribution in [0.5, 0.6) is 0 Å². The predicted octanol–water partition coefficient (Wildman–Crippen LogP) is 0.625. The fraction of sp³-hybridized carbons (Fsp3) is 0.667. The van der Waals surface area contributed by atoms with E-state index in [9.17, 15) is 14.7 Å². The molecule has 0 aliphatic heterocycles. The monoisotopic (exact) mass is 226 g/mol. The Morgan fingerprint density at radius 1 is 1.31 bits per heavy atom. The summed E-state index contributed by atoms with van der Waals surface area (Å²) in [7, 11) is 0. The average molecular weight is 226 g/mol. The number of amides is 1. The van der Waals surface area contributed by atoms with Gasteiger partial charge >= 0.3 is 0 Å². The zero-order valence-corrected chi connectivity index (χ0v) is 9.99. The normalized spacial score (nSPS) is 12.6. The molecule has 0 aliphatic carbocycles. The molecule has 0 aromatic rings. The van der Waals surface area contributed by atoms with Crippen molar-refractivity contribution >= 4 is 11.9 Å². The van der Waals surface area contributed by atoms with Crippen molar-refractivity contribution in [1.29, 1.82) is 0 Å². The third kappa shape index (κ3) is 8.03. The summed E-state index contributed by atoms with van der Waals surface area (Å²) in [4.78, 5) is 21.2. The summed E-state index contributed by atoms with van der Waals surface area (Å²) in [5.74, 6) is -1.26. The van der Waals surface area contributed by atoms with E-state index in [1.54, 1.807) is 0 Å². The van der Waals surface area contributed by atoms with E-state index in [-0.39, 0.29) is 5.91 Å². The average Bonchev–Trinajstić information content (AvgIpc) is 2.26. The first-order chi connectivity index (χ1) is 7.60. The maximum Gasteiger partial charge on any atom is 0.244 e. The zero-order valence-electron chi connectivity index (χ0n) is 9.99. The van der Waals surface area contributed by atoms with Gasteiger partial charge in [-0.3, -0.25) is 4.79 Å². The number of rotatable bonds is 8. The van der Waals surface area contributed by atoms with Gasteiger partial charge in [0.25, 0.3) is 0 Å². The van der Waals surface area contributed by atoms with Crippen LogP contribution in [0.15, 0.2) is 12.2 Å². The van der Waals surface area contributed by atoms with E-state index in [0.717, 1.165) is 37.8 Å². The number of carbonyl (C=O) groups is 2. The number of unbranched alkanes of at least 4 members (excludes halogenated alkanes) is 1. The van der Waals surface area contributed by atoms with Crippen LogP contribution in [-0.2, 0) is 9.59 Å². The molecule has 0 aliphatic rings. The Hall–Kier alpha value is -1.32. The molecule has 1 N–H and O–H groups in total. The first-order valence-electron chi connectivity index (χ1n) is 5.77. The van der Waals surface area contributed by atoms with Crippen molar-refractivity contribution in [3.8, 4) is 0 Å². The molecule has 0 saturated carbocycles. The number of carboxylic acid groups (broad SMARTS) is 1. The topological polar surface area (TPSA) is 69.2 Å². The van der Waals surface area contributed by atoms with Crippen molar-refractivity contribution in [2.45, 2.75) is 39.5 Å². The molecule has 0 fully saturated rings. The summed E-state index contributed by atoms with van der Waals surface area (Å²) in [6.07, 6.45) is 6.14. The molecular formula is C12H20NO3-. The van der Waals surface area contributed by atoms with E-state index in [2.05, 4.69) is 19.2 Å². The highest BCUT2D eigenvalue weighted by atomic mass is 16.4. The summed E-state index contributed by atoms with van der Waals surface area (Å²) >= 11 is 0. The molecule has 92 valence electrons. The summed E-state index contributed by atoms with van der Waals surface area (Å²) < 4.78 is 0. The molecule has 0 aromatic heterocycles. The van der Waals surface area contributed by atoms with Gasteiger partial charge in [0, 0.05) is 12.6 Å². The first-order valence-corrected chi connectivity index (χ1v) is 5.77. The van der Waals surface area contributed by atoms with Gasteiger partial charge in [0.1, 0.15) is 0 Å². The van der Waals surface area contributed by atoms with Crippen LogP contribution >= 0.6 is 0 Å². The Balaban J connectivity index is 3.83. The Labute approximate surface area is 96.7 Å². The lowest BCUT2D eigenvalue weighted by Crippen LogP contribution is -2.28. The van der Waals surface area contributed by atoms with E-state index in [4.69, 9.17) is 0 Å². The van der Waals surface area contributed by atoms with Crippen LogP contribution in [0.2, 0.25) is 0 Å². The second kappa shape index (κ2) is 8.95. The summed E-state index contributed by atoms with van der Waals surface area (Å²) in [5, 5.41) is 12.7. The lowest BCUT2D eigenvalue weighted by atomic mass is 9.99. The van der Waals surface area contributed by atoms with Crippen LogP contribution in [-0.4, -0.2) is 18.4 Å². The lowest BCUT2D eigenvalue weighted by Gasteiger charge is -2.14.